The maximum atomic E-state index is 11.1. The summed E-state index contributed by atoms with van der Waals surface area (Å²) in [5.41, 5.74) is 1.87. The Bertz CT molecular complexity index is 404. The summed E-state index contributed by atoms with van der Waals surface area (Å²) < 4.78 is 10.1. The number of methoxy groups -OCH3 is 1. The van der Waals surface area contributed by atoms with Gasteiger partial charge in [0.05, 0.1) is 7.11 Å². The van der Waals surface area contributed by atoms with Crippen LogP contribution in [0.15, 0.2) is 35.9 Å². The van der Waals surface area contributed by atoms with Crippen LogP contribution in [-0.2, 0) is 16.0 Å². The Morgan fingerprint density at radius 1 is 1.28 bits per heavy atom. The van der Waals surface area contributed by atoms with Crippen molar-refractivity contribution in [1.82, 2.24) is 0 Å². The summed E-state index contributed by atoms with van der Waals surface area (Å²) in [7, 11) is 1.37. The van der Waals surface area contributed by atoms with Crippen molar-refractivity contribution in [2.75, 3.05) is 13.7 Å². The molecule has 1 aromatic rings. The quantitative estimate of drug-likeness (QED) is 0.573. The summed E-state index contributed by atoms with van der Waals surface area (Å²) in [4.78, 5) is 11.1. The molecular formula is C15H20O3. The third-order valence-electron chi connectivity index (χ3n) is 2.61. The molecule has 0 N–H and O–H groups in total. The van der Waals surface area contributed by atoms with Crippen LogP contribution in [0.1, 0.15) is 25.8 Å². The van der Waals surface area contributed by atoms with E-state index in [-0.39, 0.29) is 5.97 Å². The molecule has 0 radical (unpaired) electrons. The standard InChI is InChI=1S/C15H20O3/c1-4-5-13-6-8-14(9-7-13)18-11-10-12(2)15(16)17-3/h6-10H,4-5,11H2,1-3H3. The molecule has 0 aliphatic carbocycles. The highest BCUT2D eigenvalue weighted by Crippen LogP contribution is 2.13. The van der Waals surface area contributed by atoms with Crippen molar-refractivity contribution in [3.63, 3.8) is 0 Å². The molecule has 0 aliphatic rings. The second-order valence-corrected chi connectivity index (χ2v) is 4.08. The van der Waals surface area contributed by atoms with Crippen LogP contribution in [0.4, 0.5) is 0 Å². The lowest BCUT2D eigenvalue weighted by Crippen LogP contribution is -2.04. The molecule has 18 heavy (non-hydrogen) atoms. The highest BCUT2D eigenvalue weighted by atomic mass is 16.5. The van der Waals surface area contributed by atoms with Crippen molar-refractivity contribution >= 4 is 5.97 Å². The molecule has 0 atom stereocenters. The van der Waals surface area contributed by atoms with E-state index in [9.17, 15) is 4.79 Å². The van der Waals surface area contributed by atoms with Crippen molar-refractivity contribution in [3.8, 4) is 5.75 Å². The number of hydrogen-bond acceptors (Lipinski definition) is 3. The van der Waals surface area contributed by atoms with Crippen LogP contribution < -0.4 is 4.74 Å². The van der Waals surface area contributed by atoms with Gasteiger partial charge in [-0.1, -0.05) is 25.5 Å². The number of carbonyl (C=O) groups is 1. The minimum absolute atomic E-state index is 0.322. The van der Waals surface area contributed by atoms with Crippen LogP contribution in [-0.4, -0.2) is 19.7 Å². The van der Waals surface area contributed by atoms with Crippen molar-refractivity contribution < 1.29 is 14.3 Å². The normalized spacial score (nSPS) is 11.2. The van der Waals surface area contributed by atoms with Crippen molar-refractivity contribution in [2.24, 2.45) is 0 Å². The molecule has 0 aromatic heterocycles. The zero-order chi connectivity index (χ0) is 13.4. The van der Waals surface area contributed by atoms with Crippen LogP contribution in [0, 0.1) is 0 Å². The van der Waals surface area contributed by atoms with E-state index in [1.165, 1.54) is 12.7 Å². The Kier molecular flexibility index (Phi) is 5.98. The summed E-state index contributed by atoms with van der Waals surface area (Å²) >= 11 is 0. The lowest BCUT2D eigenvalue weighted by Gasteiger charge is -2.05. The molecule has 0 amide bonds. The number of hydrogen-bond donors (Lipinski definition) is 0. The van der Waals surface area contributed by atoms with Crippen LogP contribution in [0.3, 0.4) is 0 Å². The molecule has 1 aromatic carbocycles. The summed E-state index contributed by atoms with van der Waals surface area (Å²) in [6, 6.07) is 8.03. The van der Waals surface area contributed by atoms with Gasteiger partial charge in [-0.3, -0.25) is 0 Å². The first-order chi connectivity index (χ1) is 8.67. The highest BCUT2D eigenvalue weighted by molar-refractivity contribution is 5.87. The fourth-order valence-corrected chi connectivity index (χ4v) is 1.55. The number of ether oxygens (including phenoxy) is 2. The smallest absolute Gasteiger partial charge is 0.333 e. The maximum Gasteiger partial charge on any atom is 0.333 e. The molecule has 3 heteroatoms. The number of benzene rings is 1. The molecule has 0 aliphatic heterocycles. The first kappa shape index (κ1) is 14.3. The monoisotopic (exact) mass is 248 g/mol. The Morgan fingerprint density at radius 2 is 1.94 bits per heavy atom. The van der Waals surface area contributed by atoms with E-state index in [4.69, 9.17) is 4.74 Å². The van der Waals surface area contributed by atoms with Gasteiger partial charge in [0, 0.05) is 5.57 Å². The van der Waals surface area contributed by atoms with E-state index in [2.05, 4.69) is 23.8 Å². The average molecular weight is 248 g/mol. The second kappa shape index (κ2) is 7.54. The third-order valence-corrected chi connectivity index (χ3v) is 2.61. The molecule has 0 saturated heterocycles. The fourth-order valence-electron chi connectivity index (χ4n) is 1.55. The molecule has 98 valence electrons. The zero-order valence-electron chi connectivity index (χ0n) is 11.2. The third kappa shape index (κ3) is 4.62. The number of rotatable bonds is 6. The lowest BCUT2D eigenvalue weighted by molar-refractivity contribution is -0.136. The predicted molar refractivity (Wildman–Crippen MR) is 71.7 cm³/mol. The zero-order valence-corrected chi connectivity index (χ0v) is 11.2. The van der Waals surface area contributed by atoms with Crippen molar-refractivity contribution in [3.05, 3.63) is 41.5 Å². The maximum absolute atomic E-state index is 11.1. The molecule has 1 rings (SSSR count). The van der Waals surface area contributed by atoms with Gasteiger partial charge in [0.25, 0.3) is 0 Å². The Hall–Kier alpha value is -1.77. The predicted octanol–water partition coefficient (Wildman–Crippen LogP) is 3.14. The fraction of sp³-hybridized carbons (Fsp3) is 0.400. The first-order valence-electron chi connectivity index (χ1n) is 6.14. The van der Waals surface area contributed by atoms with Crippen LogP contribution in [0.25, 0.3) is 0 Å². The first-order valence-corrected chi connectivity index (χ1v) is 6.14. The largest absolute Gasteiger partial charge is 0.490 e. The average Bonchev–Trinajstić information content (AvgIpc) is 2.40. The molecule has 0 spiro atoms. The summed E-state index contributed by atoms with van der Waals surface area (Å²) in [5.74, 6) is 0.487. The van der Waals surface area contributed by atoms with Crippen molar-refractivity contribution in [2.45, 2.75) is 26.7 Å². The molecule has 0 bridgehead atoms. The number of esters is 1. The van der Waals surface area contributed by atoms with E-state index in [1.807, 2.05) is 12.1 Å². The van der Waals surface area contributed by atoms with Gasteiger partial charge in [-0.2, -0.15) is 0 Å². The van der Waals surface area contributed by atoms with E-state index in [0.29, 0.717) is 12.2 Å². The van der Waals surface area contributed by atoms with Gasteiger partial charge in [-0.05, 0) is 37.1 Å². The van der Waals surface area contributed by atoms with Crippen LogP contribution in [0.2, 0.25) is 0 Å². The SMILES string of the molecule is CCCc1ccc(OCC=C(C)C(=O)OC)cc1. The van der Waals surface area contributed by atoms with Gasteiger partial charge < -0.3 is 9.47 Å². The Labute approximate surface area is 108 Å². The molecule has 3 nitrogen and oxygen atoms in total. The minimum Gasteiger partial charge on any atom is -0.490 e. The highest BCUT2D eigenvalue weighted by Gasteiger charge is 2.01. The minimum atomic E-state index is -0.322. The van der Waals surface area contributed by atoms with Gasteiger partial charge in [-0.25, -0.2) is 4.79 Å². The number of aryl methyl sites for hydroxylation is 1. The topological polar surface area (TPSA) is 35.5 Å². The van der Waals surface area contributed by atoms with Gasteiger partial charge in [0.15, 0.2) is 0 Å². The molecule has 0 heterocycles. The van der Waals surface area contributed by atoms with Gasteiger partial charge in [0.1, 0.15) is 12.4 Å². The van der Waals surface area contributed by atoms with Crippen LogP contribution >= 0.6 is 0 Å². The summed E-state index contributed by atoms with van der Waals surface area (Å²) in [6.45, 7) is 4.23. The molecule has 0 fully saturated rings. The lowest BCUT2D eigenvalue weighted by atomic mass is 10.1. The van der Waals surface area contributed by atoms with Crippen LogP contribution in [0.5, 0.6) is 5.75 Å². The van der Waals surface area contributed by atoms with E-state index in [0.717, 1.165) is 18.6 Å². The van der Waals surface area contributed by atoms with E-state index < -0.39 is 0 Å². The van der Waals surface area contributed by atoms with Gasteiger partial charge >= 0.3 is 5.97 Å². The Balaban J connectivity index is 2.46. The van der Waals surface area contributed by atoms with Gasteiger partial charge in [0.2, 0.25) is 0 Å². The van der Waals surface area contributed by atoms with E-state index in [1.54, 1.807) is 13.0 Å². The molecular weight excluding hydrogens is 228 g/mol. The van der Waals surface area contributed by atoms with Crippen molar-refractivity contribution in [1.29, 1.82) is 0 Å². The number of carbonyl (C=O) groups excluding carboxylic acids is 1. The summed E-state index contributed by atoms with van der Waals surface area (Å²) in [6.07, 6.45) is 3.94. The second-order valence-electron chi connectivity index (χ2n) is 4.08. The summed E-state index contributed by atoms with van der Waals surface area (Å²) in [5, 5.41) is 0. The van der Waals surface area contributed by atoms with E-state index >= 15 is 0 Å². The Morgan fingerprint density at radius 3 is 2.50 bits per heavy atom. The molecule has 0 unspecified atom stereocenters. The van der Waals surface area contributed by atoms with Gasteiger partial charge in [-0.15, -0.1) is 0 Å². The molecule has 0 saturated carbocycles.